The number of anilines is 1. The lowest BCUT2D eigenvalue weighted by Crippen LogP contribution is -2.29. The predicted molar refractivity (Wildman–Crippen MR) is 85.4 cm³/mol. The van der Waals surface area contributed by atoms with E-state index in [-0.39, 0.29) is 24.1 Å². The zero-order valence-electron chi connectivity index (χ0n) is 13.5. The van der Waals surface area contributed by atoms with Gasteiger partial charge in [-0.1, -0.05) is 0 Å². The van der Waals surface area contributed by atoms with Gasteiger partial charge in [-0.3, -0.25) is 14.4 Å². The number of nitrogens with zero attached hydrogens (tertiary/aromatic N) is 1. The predicted octanol–water partition coefficient (Wildman–Crippen LogP) is 0.862. The van der Waals surface area contributed by atoms with Crippen LogP contribution in [-0.4, -0.2) is 49.9 Å². The molecule has 0 spiro atoms. The fraction of sp³-hybridized carbons (Fsp3) is 0.438. The molecule has 0 radical (unpaired) electrons. The van der Waals surface area contributed by atoms with Gasteiger partial charge in [-0.25, -0.2) is 0 Å². The third-order valence-corrected chi connectivity index (χ3v) is 3.92. The minimum atomic E-state index is -0.401. The Morgan fingerprint density at radius 2 is 2.13 bits per heavy atom. The van der Waals surface area contributed by atoms with E-state index in [0.29, 0.717) is 30.1 Å². The monoisotopic (exact) mass is 319 g/mol. The van der Waals surface area contributed by atoms with E-state index >= 15 is 0 Å². The van der Waals surface area contributed by atoms with Crippen LogP contribution in [0, 0.1) is 5.92 Å². The molecule has 124 valence electrons. The number of methoxy groups -OCH3 is 1. The van der Waals surface area contributed by atoms with Crippen molar-refractivity contribution in [1.82, 2.24) is 10.2 Å². The molecule has 7 heteroatoms. The molecule has 1 aromatic carbocycles. The molecule has 1 aliphatic rings. The van der Waals surface area contributed by atoms with Gasteiger partial charge in [-0.05, 0) is 25.1 Å². The largest absolute Gasteiger partial charge is 0.497 e. The lowest BCUT2D eigenvalue weighted by molar-refractivity contribution is -0.128. The maximum absolute atomic E-state index is 12.4. The number of amides is 3. The zero-order chi connectivity index (χ0) is 17.0. The van der Waals surface area contributed by atoms with E-state index in [1.807, 2.05) is 6.92 Å². The molecule has 1 aromatic rings. The third kappa shape index (κ3) is 3.61. The number of carbonyl (C=O) groups is 3. The van der Waals surface area contributed by atoms with E-state index in [1.165, 1.54) is 14.2 Å². The second-order valence-corrected chi connectivity index (χ2v) is 5.31. The topological polar surface area (TPSA) is 87.7 Å². The van der Waals surface area contributed by atoms with Crippen LogP contribution in [0.15, 0.2) is 18.2 Å². The van der Waals surface area contributed by atoms with Crippen LogP contribution in [0.3, 0.4) is 0 Å². The van der Waals surface area contributed by atoms with Crippen molar-refractivity contribution in [2.45, 2.75) is 13.3 Å². The Bertz CT molecular complexity index is 630. The summed E-state index contributed by atoms with van der Waals surface area (Å²) in [6, 6.07) is 4.85. The van der Waals surface area contributed by atoms with Crippen molar-refractivity contribution in [1.29, 1.82) is 0 Å². The minimum Gasteiger partial charge on any atom is -0.497 e. The molecule has 1 fully saturated rings. The standard InChI is InChI=1S/C16H21N3O4/c1-4-19-9-10(7-14(19)20)15(21)18-13-6-5-11(23-3)8-12(13)16(22)17-2/h5-6,8,10H,4,7,9H2,1-3H3,(H,17,22)(H,18,21)/t10-/m1/s1. The summed E-state index contributed by atoms with van der Waals surface area (Å²) in [6.45, 7) is 2.88. The lowest BCUT2D eigenvalue weighted by Gasteiger charge is -2.15. The molecular weight excluding hydrogens is 298 g/mol. The normalized spacial score (nSPS) is 17.1. The zero-order valence-corrected chi connectivity index (χ0v) is 13.5. The summed E-state index contributed by atoms with van der Waals surface area (Å²) in [5, 5.41) is 5.28. The van der Waals surface area contributed by atoms with Gasteiger partial charge in [0.1, 0.15) is 5.75 Å². The SMILES string of the molecule is CCN1C[C@H](C(=O)Nc2ccc(OC)cc2C(=O)NC)CC1=O. The van der Waals surface area contributed by atoms with Crippen molar-refractivity contribution < 1.29 is 19.1 Å². The van der Waals surface area contributed by atoms with Crippen LogP contribution in [0.2, 0.25) is 0 Å². The number of hydrogen-bond donors (Lipinski definition) is 2. The van der Waals surface area contributed by atoms with Gasteiger partial charge in [0.15, 0.2) is 0 Å². The molecule has 2 rings (SSSR count). The summed E-state index contributed by atoms with van der Waals surface area (Å²) in [5.41, 5.74) is 0.717. The highest BCUT2D eigenvalue weighted by Crippen LogP contribution is 2.24. The summed E-state index contributed by atoms with van der Waals surface area (Å²) in [5.74, 6) is -0.479. The van der Waals surface area contributed by atoms with Crippen LogP contribution in [-0.2, 0) is 9.59 Å². The van der Waals surface area contributed by atoms with Crippen LogP contribution in [0.25, 0.3) is 0 Å². The Kier molecular flexibility index (Phi) is 5.20. The Balaban J connectivity index is 2.18. The first-order valence-corrected chi connectivity index (χ1v) is 7.48. The smallest absolute Gasteiger partial charge is 0.253 e. The maximum atomic E-state index is 12.4. The summed E-state index contributed by atoms with van der Waals surface area (Å²) in [6.07, 6.45) is 0.200. The molecule has 23 heavy (non-hydrogen) atoms. The maximum Gasteiger partial charge on any atom is 0.253 e. The van der Waals surface area contributed by atoms with E-state index in [9.17, 15) is 14.4 Å². The number of rotatable bonds is 5. The van der Waals surface area contributed by atoms with Crippen molar-refractivity contribution >= 4 is 23.4 Å². The van der Waals surface area contributed by atoms with Crippen molar-refractivity contribution in [2.24, 2.45) is 5.92 Å². The molecule has 1 saturated heterocycles. The van der Waals surface area contributed by atoms with E-state index in [0.717, 1.165) is 0 Å². The van der Waals surface area contributed by atoms with Gasteiger partial charge in [0.2, 0.25) is 11.8 Å². The molecule has 1 aliphatic heterocycles. The van der Waals surface area contributed by atoms with Crippen molar-refractivity contribution in [3.8, 4) is 5.75 Å². The summed E-state index contributed by atoms with van der Waals surface area (Å²) >= 11 is 0. The summed E-state index contributed by atoms with van der Waals surface area (Å²) < 4.78 is 5.11. The summed E-state index contributed by atoms with van der Waals surface area (Å²) in [4.78, 5) is 37.8. The van der Waals surface area contributed by atoms with Crippen molar-refractivity contribution in [2.75, 3.05) is 32.6 Å². The second-order valence-electron chi connectivity index (χ2n) is 5.31. The third-order valence-electron chi connectivity index (χ3n) is 3.92. The molecule has 3 amide bonds. The fourth-order valence-corrected chi connectivity index (χ4v) is 2.57. The average Bonchev–Trinajstić information content (AvgIpc) is 2.95. The van der Waals surface area contributed by atoms with E-state index in [1.54, 1.807) is 23.1 Å². The number of benzene rings is 1. The Labute approximate surface area is 135 Å². The molecule has 1 atom stereocenters. The number of nitrogens with one attached hydrogen (secondary N) is 2. The van der Waals surface area contributed by atoms with Gasteiger partial charge in [0.25, 0.3) is 5.91 Å². The van der Waals surface area contributed by atoms with Crippen LogP contribution in [0.4, 0.5) is 5.69 Å². The highest BCUT2D eigenvalue weighted by Gasteiger charge is 2.33. The first-order valence-electron chi connectivity index (χ1n) is 7.48. The van der Waals surface area contributed by atoms with Crippen molar-refractivity contribution in [3.63, 3.8) is 0 Å². The minimum absolute atomic E-state index is 0.0195. The van der Waals surface area contributed by atoms with E-state index in [2.05, 4.69) is 10.6 Å². The van der Waals surface area contributed by atoms with Crippen LogP contribution in [0.5, 0.6) is 5.75 Å². The first kappa shape index (κ1) is 16.8. The molecular formula is C16H21N3O4. The highest BCUT2D eigenvalue weighted by molar-refractivity contribution is 6.05. The fourth-order valence-electron chi connectivity index (χ4n) is 2.57. The van der Waals surface area contributed by atoms with Gasteiger partial charge in [0.05, 0.1) is 24.3 Å². The molecule has 0 bridgehead atoms. The Morgan fingerprint density at radius 1 is 1.39 bits per heavy atom. The van der Waals surface area contributed by atoms with Crippen LogP contribution >= 0.6 is 0 Å². The first-order chi connectivity index (χ1) is 11.0. The molecule has 1 heterocycles. The quantitative estimate of drug-likeness (QED) is 0.843. The molecule has 0 aromatic heterocycles. The molecule has 7 nitrogen and oxygen atoms in total. The van der Waals surface area contributed by atoms with E-state index < -0.39 is 5.92 Å². The molecule has 2 N–H and O–H groups in total. The Hall–Kier alpha value is -2.57. The molecule has 0 saturated carbocycles. The van der Waals surface area contributed by atoms with Crippen LogP contribution < -0.4 is 15.4 Å². The Morgan fingerprint density at radius 3 is 2.70 bits per heavy atom. The van der Waals surface area contributed by atoms with Crippen molar-refractivity contribution in [3.05, 3.63) is 23.8 Å². The molecule has 0 aliphatic carbocycles. The van der Waals surface area contributed by atoms with Gasteiger partial charge in [-0.15, -0.1) is 0 Å². The highest BCUT2D eigenvalue weighted by atomic mass is 16.5. The summed E-state index contributed by atoms with van der Waals surface area (Å²) in [7, 11) is 3.02. The average molecular weight is 319 g/mol. The van der Waals surface area contributed by atoms with Gasteiger partial charge in [-0.2, -0.15) is 0 Å². The number of carbonyl (C=O) groups excluding carboxylic acids is 3. The van der Waals surface area contributed by atoms with Gasteiger partial charge < -0.3 is 20.3 Å². The van der Waals surface area contributed by atoms with Gasteiger partial charge in [0, 0.05) is 26.6 Å². The van der Waals surface area contributed by atoms with Gasteiger partial charge >= 0.3 is 0 Å². The molecule has 0 unspecified atom stereocenters. The van der Waals surface area contributed by atoms with E-state index in [4.69, 9.17) is 4.74 Å². The van der Waals surface area contributed by atoms with Crippen LogP contribution in [0.1, 0.15) is 23.7 Å². The number of likely N-dealkylation sites (tertiary alicyclic amines) is 1. The number of ether oxygens (including phenoxy) is 1. The number of hydrogen-bond acceptors (Lipinski definition) is 4. The lowest BCUT2D eigenvalue weighted by atomic mass is 10.1. The second kappa shape index (κ2) is 7.13.